The molecule has 0 bridgehead atoms. The summed E-state index contributed by atoms with van der Waals surface area (Å²) in [6.45, 7) is 4.39. The molecule has 0 heterocycles. The number of methoxy groups -OCH3 is 1. The number of ether oxygens (including phenoxy) is 2. The number of aliphatic hydroxyl groups excluding tert-OH is 3. The Kier molecular flexibility index (Phi) is 10.4. The summed E-state index contributed by atoms with van der Waals surface area (Å²) in [4.78, 5) is 27.9. The normalized spacial score (nSPS) is 21.7. The van der Waals surface area contributed by atoms with Gasteiger partial charge in [0.25, 0.3) is 0 Å². The molecule has 0 saturated heterocycles. The standard InChI is InChI=1S/C26H37IN2O7/c1-15(2)6-8-29(26(34)17-4-5-17)20-12-18(25(33)28-7-9-30)13-21(23(20)32)36-24-19(27)10-16(14-31)11-22(24)35-3/h10-11,13,15,17,20-21,23,30-32H,4-9,12,14H2,1-3H3,(H,28,33). The summed E-state index contributed by atoms with van der Waals surface area (Å²) in [5.74, 6) is 0.753. The van der Waals surface area contributed by atoms with Crippen LogP contribution in [0.15, 0.2) is 23.8 Å². The van der Waals surface area contributed by atoms with Crippen molar-refractivity contribution in [2.45, 2.75) is 64.4 Å². The molecule has 1 aromatic carbocycles. The molecule has 0 spiro atoms. The predicted molar refractivity (Wildman–Crippen MR) is 143 cm³/mol. The summed E-state index contributed by atoms with van der Waals surface area (Å²) in [6.07, 6.45) is 2.23. The number of rotatable bonds is 12. The molecule has 2 aliphatic carbocycles. The van der Waals surface area contributed by atoms with Gasteiger partial charge in [0.1, 0.15) is 12.2 Å². The van der Waals surface area contributed by atoms with Gasteiger partial charge in [-0.2, -0.15) is 0 Å². The lowest BCUT2D eigenvalue weighted by Gasteiger charge is -2.41. The number of aliphatic hydroxyl groups is 3. The quantitative estimate of drug-likeness (QED) is 0.265. The fourth-order valence-electron chi connectivity index (χ4n) is 4.30. The van der Waals surface area contributed by atoms with Gasteiger partial charge in [-0.15, -0.1) is 0 Å². The Labute approximate surface area is 226 Å². The van der Waals surface area contributed by atoms with Crippen LogP contribution in [0.1, 0.15) is 45.1 Å². The van der Waals surface area contributed by atoms with Crippen molar-refractivity contribution in [2.24, 2.45) is 11.8 Å². The van der Waals surface area contributed by atoms with E-state index < -0.39 is 18.2 Å². The van der Waals surface area contributed by atoms with Crippen molar-refractivity contribution in [3.05, 3.63) is 32.9 Å². The number of amides is 2. The first-order valence-electron chi connectivity index (χ1n) is 12.4. The topological polar surface area (TPSA) is 129 Å². The molecule has 2 aliphatic rings. The van der Waals surface area contributed by atoms with E-state index in [9.17, 15) is 19.8 Å². The monoisotopic (exact) mass is 616 g/mol. The van der Waals surface area contributed by atoms with Gasteiger partial charge in [0.15, 0.2) is 11.5 Å². The third-order valence-electron chi connectivity index (χ3n) is 6.50. The van der Waals surface area contributed by atoms with E-state index in [4.69, 9.17) is 14.6 Å². The Morgan fingerprint density at radius 3 is 2.56 bits per heavy atom. The van der Waals surface area contributed by atoms with E-state index in [0.717, 1.165) is 19.3 Å². The number of carbonyl (C=O) groups excluding carboxylic acids is 2. The molecule has 10 heteroatoms. The third-order valence-corrected chi connectivity index (χ3v) is 7.30. The van der Waals surface area contributed by atoms with Crippen molar-refractivity contribution >= 4 is 34.4 Å². The maximum Gasteiger partial charge on any atom is 0.247 e. The molecule has 0 aromatic heterocycles. The summed E-state index contributed by atoms with van der Waals surface area (Å²) in [5, 5.41) is 32.9. The van der Waals surface area contributed by atoms with E-state index in [1.54, 1.807) is 23.1 Å². The molecule has 4 N–H and O–H groups in total. The Balaban J connectivity index is 1.97. The largest absolute Gasteiger partial charge is 0.493 e. The van der Waals surface area contributed by atoms with E-state index in [1.165, 1.54) is 7.11 Å². The molecule has 3 rings (SSSR count). The molecule has 3 unspecified atom stereocenters. The molecule has 1 saturated carbocycles. The van der Waals surface area contributed by atoms with Crippen molar-refractivity contribution in [1.29, 1.82) is 0 Å². The van der Waals surface area contributed by atoms with Crippen LogP contribution in [0.4, 0.5) is 0 Å². The third kappa shape index (κ3) is 7.11. The number of nitrogens with zero attached hydrogens (tertiary/aromatic N) is 1. The fraction of sp³-hybridized carbons (Fsp3) is 0.615. The average Bonchev–Trinajstić information content (AvgIpc) is 3.70. The van der Waals surface area contributed by atoms with Crippen molar-refractivity contribution in [3.8, 4) is 11.5 Å². The van der Waals surface area contributed by atoms with Crippen molar-refractivity contribution in [3.63, 3.8) is 0 Å². The van der Waals surface area contributed by atoms with Crippen LogP contribution in [-0.4, -0.2) is 77.1 Å². The van der Waals surface area contributed by atoms with E-state index in [0.29, 0.717) is 38.7 Å². The van der Waals surface area contributed by atoms with E-state index >= 15 is 0 Å². The maximum atomic E-state index is 13.3. The van der Waals surface area contributed by atoms with Gasteiger partial charge in [0, 0.05) is 31.0 Å². The molecule has 1 aromatic rings. The molecule has 9 nitrogen and oxygen atoms in total. The molecule has 200 valence electrons. The summed E-state index contributed by atoms with van der Waals surface area (Å²) in [6, 6.07) is 2.78. The zero-order chi connectivity index (χ0) is 26.4. The van der Waals surface area contributed by atoms with Crippen LogP contribution in [-0.2, 0) is 16.2 Å². The lowest BCUT2D eigenvalue weighted by Crippen LogP contribution is -2.55. The molecule has 36 heavy (non-hydrogen) atoms. The zero-order valence-corrected chi connectivity index (χ0v) is 23.2. The first-order valence-corrected chi connectivity index (χ1v) is 13.5. The Hall–Kier alpha value is -1.89. The van der Waals surface area contributed by atoms with Crippen molar-refractivity contribution in [1.82, 2.24) is 10.2 Å². The number of hydrogen-bond acceptors (Lipinski definition) is 7. The minimum absolute atomic E-state index is 0.00919. The van der Waals surface area contributed by atoms with Gasteiger partial charge in [-0.1, -0.05) is 13.8 Å². The summed E-state index contributed by atoms with van der Waals surface area (Å²) < 4.78 is 12.4. The first-order chi connectivity index (χ1) is 17.2. The zero-order valence-electron chi connectivity index (χ0n) is 21.1. The number of nitrogens with one attached hydrogen (secondary N) is 1. The van der Waals surface area contributed by atoms with Gasteiger partial charge < -0.3 is 35.0 Å². The van der Waals surface area contributed by atoms with E-state index in [2.05, 4.69) is 41.8 Å². The molecular weight excluding hydrogens is 579 g/mol. The minimum Gasteiger partial charge on any atom is -0.493 e. The fourth-order valence-corrected chi connectivity index (χ4v) is 5.09. The Morgan fingerprint density at radius 2 is 1.97 bits per heavy atom. The van der Waals surface area contributed by atoms with Crippen LogP contribution in [0, 0.1) is 15.4 Å². The number of carbonyl (C=O) groups is 2. The van der Waals surface area contributed by atoms with Gasteiger partial charge in [0.2, 0.25) is 11.8 Å². The van der Waals surface area contributed by atoms with Crippen LogP contribution in [0.3, 0.4) is 0 Å². The second-order valence-electron chi connectivity index (χ2n) is 9.77. The highest BCUT2D eigenvalue weighted by Gasteiger charge is 2.44. The Bertz CT molecular complexity index is 964. The molecule has 1 fully saturated rings. The molecular formula is C26H37IN2O7. The summed E-state index contributed by atoms with van der Waals surface area (Å²) >= 11 is 2.08. The molecule has 3 atom stereocenters. The minimum atomic E-state index is -1.08. The van der Waals surface area contributed by atoms with Crippen molar-refractivity contribution in [2.75, 3.05) is 26.8 Å². The van der Waals surface area contributed by atoms with Crippen LogP contribution in [0.2, 0.25) is 0 Å². The number of halogens is 1. The van der Waals surface area contributed by atoms with Gasteiger partial charge in [0.05, 0.1) is 29.9 Å². The lowest BCUT2D eigenvalue weighted by molar-refractivity contribution is -0.140. The van der Waals surface area contributed by atoms with Gasteiger partial charge in [-0.3, -0.25) is 9.59 Å². The van der Waals surface area contributed by atoms with Gasteiger partial charge in [-0.05, 0) is 71.5 Å². The lowest BCUT2D eigenvalue weighted by atomic mass is 9.87. The molecule has 2 amide bonds. The highest BCUT2D eigenvalue weighted by Crippen LogP contribution is 2.38. The van der Waals surface area contributed by atoms with Crippen LogP contribution in [0.5, 0.6) is 11.5 Å². The number of hydrogen-bond donors (Lipinski definition) is 4. The van der Waals surface area contributed by atoms with Gasteiger partial charge >= 0.3 is 0 Å². The average molecular weight is 616 g/mol. The Morgan fingerprint density at radius 1 is 1.25 bits per heavy atom. The molecule has 0 aliphatic heterocycles. The summed E-state index contributed by atoms with van der Waals surface area (Å²) in [5.41, 5.74) is 1.04. The van der Waals surface area contributed by atoms with Crippen LogP contribution < -0.4 is 14.8 Å². The van der Waals surface area contributed by atoms with Crippen LogP contribution >= 0.6 is 22.6 Å². The smallest absolute Gasteiger partial charge is 0.247 e. The van der Waals surface area contributed by atoms with E-state index in [-0.39, 0.29) is 43.9 Å². The van der Waals surface area contributed by atoms with Crippen LogP contribution in [0.25, 0.3) is 0 Å². The first kappa shape index (κ1) is 28.7. The van der Waals surface area contributed by atoms with Gasteiger partial charge in [-0.25, -0.2) is 0 Å². The maximum absolute atomic E-state index is 13.3. The second kappa shape index (κ2) is 13.1. The summed E-state index contributed by atoms with van der Waals surface area (Å²) in [7, 11) is 1.49. The second-order valence-corrected chi connectivity index (χ2v) is 10.9. The SMILES string of the molecule is COc1cc(CO)cc(I)c1OC1C=C(C(=O)NCCO)CC(N(CCC(C)C)C(=O)C2CC2)C1O. The number of benzene rings is 1. The highest BCUT2D eigenvalue weighted by molar-refractivity contribution is 14.1. The van der Waals surface area contributed by atoms with Crippen molar-refractivity contribution < 1.29 is 34.4 Å². The molecule has 0 radical (unpaired) electrons. The van der Waals surface area contributed by atoms with E-state index in [1.807, 2.05) is 0 Å². The highest BCUT2D eigenvalue weighted by atomic mass is 127. The predicted octanol–water partition coefficient (Wildman–Crippen LogP) is 1.99.